The Hall–Kier alpha value is -0.580. The van der Waals surface area contributed by atoms with Gasteiger partial charge in [-0.15, -0.1) is 11.3 Å². The molecule has 0 saturated carbocycles. The van der Waals surface area contributed by atoms with Crippen molar-refractivity contribution in [1.29, 1.82) is 0 Å². The van der Waals surface area contributed by atoms with Crippen LogP contribution in [0.2, 0.25) is 0 Å². The summed E-state index contributed by atoms with van der Waals surface area (Å²) < 4.78 is 5.86. The van der Waals surface area contributed by atoms with Gasteiger partial charge in [0.1, 0.15) is 0 Å². The average Bonchev–Trinajstić information content (AvgIpc) is 2.70. The summed E-state index contributed by atoms with van der Waals surface area (Å²) in [5.41, 5.74) is 2.40. The predicted molar refractivity (Wildman–Crippen MR) is 82.3 cm³/mol. The number of benzene rings is 1. The third-order valence-electron chi connectivity index (χ3n) is 2.77. The molecule has 2 rings (SSSR count). The van der Waals surface area contributed by atoms with Crippen molar-refractivity contribution in [3.05, 3.63) is 23.8 Å². The normalized spacial score (nSPS) is 13.4. The highest BCUT2D eigenvalue weighted by molar-refractivity contribution is 7.99. The van der Waals surface area contributed by atoms with Crippen molar-refractivity contribution in [3.63, 3.8) is 0 Å². The fraction of sp³-hybridized carbons (Fsp3) is 0.500. The molecule has 0 aliphatic carbocycles. The van der Waals surface area contributed by atoms with Crippen molar-refractivity contribution in [2.75, 3.05) is 0 Å². The van der Waals surface area contributed by atoms with Crippen LogP contribution in [-0.4, -0.2) is 11.0 Å². The minimum atomic E-state index is 0.517. The maximum atomic E-state index is 4.68. The molecule has 98 valence electrons. The van der Waals surface area contributed by atoms with Crippen LogP contribution in [0.25, 0.3) is 10.2 Å². The lowest BCUT2D eigenvalue weighted by molar-refractivity contribution is 0.502. The predicted octanol–water partition coefficient (Wildman–Crippen LogP) is 4.64. The van der Waals surface area contributed by atoms with Crippen molar-refractivity contribution in [2.45, 2.75) is 44.5 Å². The first-order valence-corrected chi connectivity index (χ1v) is 7.98. The molecule has 1 unspecified atom stereocenters. The van der Waals surface area contributed by atoms with Gasteiger partial charge < -0.3 is 0 Å². The maximum absolute atomic E-state index is 4.68. The molecule has 0 saturated heterocycles. The standard InChI is InChI=1S/C14H20N2S2/c1-9(2)8-11(4)16-18-14-15-13-10(3)6-5-7-12(13)17-14/h5-7,9,11,16H,8H2,1-4H3. The second kappa shape index (κ2) is 6.04. The quantitative estimate of drug-likeness (QED) is 0.808. The van der Waals surface area contributed by atoms with E-state index in [9.17, 15) is 0 Å². The van der Waals surface area contributed by atoms with Crippen molar-refractivity contribution in [3.8, 4) is 0 Å². The highest BCUT2D eigenvalue weighted by Gasteiger charge is 2.09. The highest BCUT2D eigenvalue weighted by Crippen LogP contribution is 2.30. The molecule has 0 spiro atoms. The van der Waals surface area contributed by atoms with E-state index in [1.165, 1.54) is 16.7 Å². The molecule has 0 fully saturated rings. The first-order valence-electron chi connectivity index (χ1n) is 6.34. The summed E-state index contributed by atoms with van der Waals surface area (Å²) in [6.07, 6.45) is 1.19. The molecule has 0 amide bonds. The molecule has 1 atom stereocenters. The van der Waals surface area contributed by atoms with Crippen LogP contribution in [0.15, 0.2) is 22.5 Å². The lowest BCUT2D eigenvalue weighted by Crippen LogP contribution is -2.20. The molecule has 1 heterocycles. The summed E-state index contributed by atoms with van der Waals surface area (Å²) in [7, 11) is 0. The van der Waals surface area contributed by atoms with Gasteiger partial charge in [0, 0.05) is 6.04 Å². The summed E-state index contributed by atoms with van der Waals surface area (Å²) in [6.45, 7) is 8.85. The Morgan fingerprint density at radius 1 is 1.33 bits per heavy atom. The molecule has 2 nitrogen and oxygen atoms in total. The molecule has 2 aromatic rings. The minimum Gasteiger partial charge on any atom is -0.255 e. The molecule has 1 aromatic heterocycles. The zero-order valence-electron chi connectivity index (χ0n) is 11.4. The number of fused-ring (bicyclic) bond motifs is 1. The monoisotopic (exact) mass is 280 g/mol. The minimum absolute atomic E-state index is 0.517. The van der Waals surface area contributed by atoms with Crippen molar-refractivity contribution in [2.24, 2.45) is 5.92 Å². The van der Waals surface area contributed by atoms with Crippen LogP contribution in [0.4, 0.5) is 0 Å². The summed E-state index contributed by atoms with van der Waals surface area (Å²) in [5, 5.41) is 0. The van der Waals surface area contributed by atoms with Gasteiger partial charge in [0.15, 0.2) is 4.34 Å². The number of nitrogens with zero attached hydrogens (tertiary/aromatic N) is 1. The van der Waals surface area contributed by atoms with Gasteiger partial charge in [0.05, 0.1) is 10.2 Å². The third kappa shape index (κ3) is 3.46. The van der Waals surface area contributed by atoms with E-state index in [2.05, 4.69) is 55.6 Å². The molecule has 1 N–H and O–H groups in total. The highest BCUT2D eigenvalue weighted by atomic mass is 32.2. The van der Waals surface area contributed by atoms with Gasteiger partial charge in [-0.05, 0) is 49.8 Å². The summed E-state index contributed by atoms with van der Waals surface area (Å²) in [4.78, 5) is 4.68. The van der Waals surface area contributed by atoms with E-state index in [4.69, 9.17) is 0 Å². The van der Waals surface area contributed by atoms with Crippen LogP contribution >= 0.6 is 23.3 Å². The van der Waals surface area contributed by atoms with Crippen LogP contribution < -0.4 is 4.72 Å². The molecular weight excluding hydrogens is 260 g/mol. The van der Waals surface area contributed by atoms with Crippen LogP contribution in [0.5, 0.6) is 0 Å². The largest absolute Gasteiger partial charge is 0.255 e. The molecule has 4 heteroatoms. The van der Waals surface area contributed by atoms with E-state index in [0.29, 0.717) is 6.04 Å². The lowest BCUT2D eigenvalue weighted by atomic mass is 10.1. The van der Waals surface area contributed by atoms with Crippen molar-refractivity contribution >= 4 is 33.5 Å². The molecule has 0 aliphatic rings. The fourth-order valence-corrected chi connectivity index (χ4v) is 3.91. The number of thiazole rings is 1. The Morgan fingerprint density at radius 2 is 2.11 bits per heavy atom. The Balaban J connectivity index is 2.02. The zero-order valence-corrected chi connectivity index (χ0v) is 13.0. The van der Waals surface area contributed by atoms with Gasteiger partial charge in [-0.3, -0.25) is 4.72 Å². The number of aryl methyl sites for hydroxylation is 1. The van der Waals surface area contributed by atoms with Gasteiger partial charge in [-0.1, -0.05) is 26.0 Å². The molecule has 0 bridgehead atoms. The third-order valence-corrected chi connectivity index (χ3v) is 4.87. The van der Waals surface area contributed by atoms with Crippen LogP contribution in [0.3, 0.4) is 0 Å². The smallest absolute Gasteiger partial charge is 0.166 e. The summed E-state index contributed by atoms with van der Waals surface area (Å²) in [5.74, 6) is 0.728. The fourth-order valence-electron chi connectivity index (χ4n) is 2.02. The number of hydrogen-bond acceptors (Lipinski definition) is 4. The SMILES string of the molecule is Cc1cccc2sc(SNC(C)CC(C)C)nc12. The first kappa shape index (κ1) is 13.8. The van der Waals surface area contributed by atoms with E-state index in [1.807, 2.05) is 0 Å². The lowest BCUT2D eigenvalue weighted by Gasteiger charge is -2.13. The van der Waals surface area contributed by atoms with E-state index in [0.717, 1.165) is 15.8 Å². The van der Waals surface area contributed by atoms with E-state index >= 15 is 0 Å². The van der Waals surface area contributed by atoms with Gasteiger partial charge in [0.2, 0.25) is 0 Å². The summed E-state index contributed by atoms with van der Waals surface area (Å²) >= 11 is 3.42. The van der Waals surface area contributed by atoms with Gasteiger partial charge in [0.25, 0.3) is 0 Å². The van der Waals surface area contributed by atoms with E-state index < -0.39 is 0 Å². The van der Waals surface area contributed by atoms with Gasteiger partial charge >= 0.3 is 0 Å². The molecule has 18 heavy (non-hydrogen) atoms. The topological polar surface area (TPSA) is 24.9 Å². The second-order valence-corrected chi connectivity index (χ2v) is 7.27. The van der Waals surface area contributed by atoms with Crippen molar-refractivity contribution < 1.29 is 0 Å². The molecule has 0 radical (unpaired) electrons. The number of rotatable bonds is 5. The Bertz CT molecular complexity index is 519. The first-order chi connectivity index (χ1) is 8.56. The van der Waals surface area contributed by atoms with E-state index in [-0.39, 0.29) is 0 Å². The number of para-hydroxylation sites is 1. The van der Waals surface area contributed by atoms with Crippen LogP contribution in [0.1, 0.15) is 32.8 Å². The Kier molecular flexibility index (Phi) is 4.65. The number of hydrogen-bond donors (Lipinski definition) is 1. The van der Waals surface area contributed by atoms with E-state index in [1.54, 1.807) is 23.3 Å². The van der Waals surface area contributed by atoms with Gasteiger partial charge in [-0.2, -0.15) is 0 Å². The second-order valence-electron chi connectivity index (χ2n) is 5.15. The number of nitrogens with one attached hydrogen (secondary N) is 1. The zero-order chi connectivity index (χ0) is 13.1. The molecule has 0 aliphatic heterocycles. The number of aromatic nitrogens is 1. The summed E-state index contributed by atoms with van der Waals surface area (Å²) in [6, 6.07) is 6.87. The average molecular weight is 280 g/mol. The van der Waals surface area contributed by atoms with Crippen molar-refractivity contribution in [1.82, 2.24) is 9.71 Å². The van der Waals surface area contributed by atoms with Crippen LogP contribution in [0, 0.1) is 12.8 Å². The maximum Gasteiger partial charge on any atom is 0.166 e. The Labute approximate surface area is 117 Å². The molecular formula is C14H20N2S2. The Morgan fingerprint density at radius 3 is 2.78 bits per heavy atom. The van der Waals surface area contributed by atoms with Gasteiger partial charge in [-0.25, -0.2) is 4.98 Å². The van der Waals surface area contributed by atoms with Crippen LogP contribution in [-0.2, 0) is 0 Å². The molecule has 1 aromatic carbocycles.